The molecule has 2 nitrogen and oxygen atoms in total. The molecule has 0 atom stereocenters. The third-order valence-electron chi connectivity index (χ3n) is 0.803. The Morgan fingerprint density at radius 1 is 1.67 bits per heavy atom. The van der Waals surface area contributed by atoms with Gasteiger partial charge >= 0.3 is 5.97 Å². The standard InChI is InChI=1S/C5H2ClO2S/c6-3-1-2-9-4(3)5(7)8/h1-2H. The highest BCUT2D eigenvalue weighted by molar-refractivity contribution is 7.12. The van der Waals surface area contributed by atoms with Gasteiger partial charge in [-0.2, -0.15) is 0 Å². The summed E-state index contributed by atoms with van der Waals surface area (Å²) in [7, 11) is 0. The van der Waals surface area contributed by atoms with Crippen molar-refractivity contribution in [2.45, 2.75) is 0 Å². The first-order valence-corrected chi connectivity index (χ1v) is 3.42. The fourth-order valence-corrected chi connectivity index (χ4v) is 1.40. The largest absolute Gasteiger partial charge is 0.397 e. The van der Waals surface area contributed by atoms with Gasteiger partial charge in [0.2, 0.25) is 0 Å². The van der Waals surface area contributed by atoms with Crippen LogP contribution < -0.4 is 0 Å². The highest BCUT2D eigenvalue weighted by atomic mass is 35.5. The first kappa shape index (κ1) is 6.58. The molecule has 1 heterocycles. The van der Waals surface area contributed by atoms with Gasteiger partial charge in [-0.3, -0.25) is 0 Å². The van der Waals surface area contributed by atoms with E-state index < -0.39 is 5.97 Å². The van der Waals surface area contributed by atoms with Crippen LogP contribution in [0.15, 0.2) is 11.4 Å². The second-order valence-electron chi connectivity index (χ2n) is 1.39. The molecule has 4 heteroatoms. The van der Waals surface area contributed by atoms with Crippen molar-refractivity contribution in [2.75, 3.05) is 0 Å². The monoisotopic (exact) mass is 161 g/mol. The summed E-state index contributed by atoms with van der Waals surface area (Å²) in [6.45, 7) is 0. The number of thiophene rings is 1. The molecule has 0 bridgehead atoms. The molecule has 1 aromatic heterocycles. The van der Waals surface area contributed by atoms with Gasteiger partial charge in [-0.1, -0.05) is 11.6 Å². The lowest BCUT2D eigenvalue weighted by Gasteiger charge is -1.80. The first-order chi connectivity index (χ1) is 4.22. The van der Waals surface area contributed by atoms with E-state index in [4.69, 9.17) is 11.6 Å². The average Bonchev–Trinajstić information content (AvgIpc) is 2.13. The van der Waals surface area contributed by atoms with Crippen LogP contribution in [0.3, 0.4) is 0 Å². The quantitative estimate of drug-likeness (QED) is 0.621. The molecule has 47 valence electrons. The van der Waals surface area contributed by atoms with Crippen molar-refractivity contribution in [3.05, 3.63) is 21.3 Å². The Labute approximate surface area is 60.7 Å². The smallest absolute Gasteiger partial charge is 0.240 e. The molecule has 0 amide bonds. The summed E-state index contributed by atoms with van der Waals surface area (Å²) in [5, 5.41) is 12.0. The zero-order chi connectivity index (χ0) is 6.85. The summed E-state index contributed by atoms with van der Waals surface area (Å²) in [4.78, 5) is 10.2. The minimum atomic E-state index is -1.21. The predicted octanol–water partition coefficient (Wildman–Crippen LogP) is 1.97. The van der Waals surface area contributed by atoms with Crippen LogP contribution in [0, 0.1) is 0 Å². The maximum atomic E-state index is 10.1. The van der Waals surface area contributed by atoms with Crippen LogP contribution in [0.4, 0.5) is 0 Å². The van der Waals surface area contributed by atoms with Crippen molar-refractivity contribution in [3.63, 3.8) is 0 Å². The van der Waals surface area contributed by atoms with Gasteiger partial charge in [0.1, 0.15) is 4.88 Å². The molecule has 0 saturated carbocycles. The zero-order valence-corrected chi connectivity index (χ0v) is 5.83. The summed E-state index contributed by atoms with van der Waals surface area (Å²) < 4.78 is 0. The van der Waals surface area contributed by atoms with Crippen LogP contribution in [-0.4, -0.2) is 5.97 Å². The second-order valence-corrected chi connectivity index (χ2v) is 2.71. The molecular weight excluding hydrogens is 160 g/mol. The Morgan fingerprint density at radius 3 is 2.56 bits per heavy atom. The Morgan fingerprint density at radius 2 is 2.33 bits per heavy atom. The number of hydrogen-bond donors (Lipinski definition) is 0. The van der Waals surface area contributed by atoms with Crippen molar-refractivity contribution < 1.29 is 9.90 Å². The summed E-state index contributed by atoms with van der Waals surface area (Å²) >= 11 is 6.49. The van der Waals surface area contributed by atoms with E-state index in [9.17, 15) is 9.90 Å². The SMILES string of the molecule is [O]C(=O)c1sccc1Cl. The van der Waals surface area contributed by atoms with Crippen LogP contribution in [-0.2, 0) is 5.11 Å². The molecule has 0 spiro atoms. The van der Waals surface area contributed by atoms with Gasteiger partial charge in [0.05, 0.1) is 5.02 Å². The molecule has 1 rings (SSSR count). The lowest BCUT2D eigenvalue weighted by molar-refractivity contribution is 0.0579. The van der Waals surface area contributed by atoms with E-state index >= 15 is 0 Å². The van der Waals surface area contributed by atoms with E-state index in [0.717, 1.165) is 11.3 Å². The Bertz CT molecular complexity index is 231. The highest BCUT2D eigenvalue weighted by Crippen LogP contribution is 2.21. The van der Waals surface area contributed by atoms with Crippen LogP contribution in [0.25, 0.3) is 0 Å². The van der Waals surface area contributed by atoms with E-state index in [1.807, 2.05) is 0 Å². The van der Waals surface area contributed by atoms with Crippen LogP contribution >= 0.6 is 22.9 Å². The van der Waals surface area contributed by atoms with E-state index in [-0.39, 0.29) is 9.90 Å². The molecule has 0 aliphatic carbocycles. The van der Waals surface area contributed by atoms with Crippen molar-refractivity contribution in [2.24, 2.45) is 0 Å². The van der Waals surface area contributed by atoms with E-state index in [1.54, 1.807) is 5.38 Å². The van der Waals surface area contributed by atoms with Crippen LogP contribution in [0.2, 0.25) is 5.02 Å². The molecule has 0 fully saturated rings. The topological polar surface area (TPSA) is 37.0 Å². The van der Waals surface area contributed by atoms with Gasteiger partial charge in [0.25, 0.3) is 0 Å². The molecule has 0 N–H and O–H groups in total. The summed E-state index contributed by atoms with van der Waals surface area (Å²) in [6, 6.07) is 1.53. The predicted molar refractivity (Wildman–Crippen MR) is 34.3 cm³/mol. The maximum absolute atomic E-state index is 10.1. The molecule has 1 radical (unpaired) electrons. The highest BCUT2D eigenvalue weighted by Gasteiger charge is 2.10. The number of carbonyl (C=O) groups excluding carboxylic acids is 1. The summed E-state index contributed by atoms with van der Waals surface area (Å²) in [6.07, 6.45) is 0. The molecule has 0 aliphatic rings. The van der Waals surface area contributed by atoms with Gasteiger partial charge in [0.15, 0.2) is 0 Å². The van der Waals surface area contributed by atoms with Crippen molar-refractivity contribution >= 4 is 28.9 Å². The molecule has 0 aliphatic heterocycles. The van der Waals surface area contributed by atoms with Gasteiger partial charge < -0.3 is 0 Å². The average molecular weight is 162 g/mol. The minimum Gasteiger partial charge on any atom is -0.240 e. The molecular formula is C5H2ClO2S. The Hall–Kier alpha value is -0.540. The molecule has 0 unspecified atom stereocenters. The summed E-state index contributed by atoms with van der Waals surface area (Å²) in [5.41, 5.74) is 0. The first-order valence-electron chi connectivity index (χ1n) is 2.16. The third-order valence-corrected chi connectivity index (χ3v) is 2.12. The number of carbonyl (C=O) groups is 1. The van der Waals surface area contributed by atoms with E-state index in [0.29, 0.717) is 0 Å². The van der Waals surface area contributed by atoms with Gasteiger partial charge in [-0.15, -0.1) is 11.3 Å². The second kappa shape index (κ2) is 2.37. The molecule has 1 aromatic rings. The summed E-state index contributed by atoms with van der Waals surface area (Å²) in [5.74, 6) is -1.21. The van der Waals surface area contributed by atoms with Gasteiger partial charge in [0, 0.05) is 0 Å². The Balaban J connectivity index is 3.08. The van der Waals surface area contributed by atoms with Crippen molar-refractivity contribution in [1.82, 2.24) is 0 Å². The van der Waals surface area contributed by atoms with E-state index in [1.165, 1.54) is 6.07 Å². The van der Waals surface area contributed by atoms with Crippen LogP contribution in [0.1, 0.15) is 9.67 Å². The normalized spacial score (nSPS) is 9.44. The zero-order valence-electron chi connectivity index (χ0n) is 4.26. The molecule has 0 aromatic carbocycles. The lowest BCUT2D eigenvalue weighted by atomic mass is 10.5. The third kappa shape index (κ3) is 1.23. The fraction of sp³-hybridized carbons (Fsp3) is 0. The molecule has 0 saturated heterocycles. The van der Waals surface area contributed by atoms with Gasteiger partial charge in [-0.25, -0.2) is 9.90 Å². The Kier molecular flexibility index (Phi) is 1.73. The fourth-order valence-electron chi connectivity index (χ4n) is 0.439. The minimum absolute atomic E-state index is 0.0941. The number of rotatable bonds is 1. The number of hydrogen-bond acceptors (Lipinski definition) is 2. The van der Waals surface area contributed by atoms with Crippen molar-refractivity contribution in [3.8, 4) is 0 Å². The van der Waals surface area contributed by atoms with Crippen molar-refractivity contribution in [1.29, 1.82) is 0 Å². The van der Waals surface area contributed by atoms with Crippen LogP contribution in [0.5, 0.6) is 0 Å². The lowest BCUT2D eigenvalue weighted by Crippen LogP contribution is -1.88. The molecule has 9 heavy (non-hydrogen) atoms. The van der Waals surface area contributed by atoms with E-state index in [2.05, 4.69) is 0 Å². The maximum Gasteiger partial charge on any atom is 0.397 e. The number of halogens is 1. The van der Waals surface area contributed by atoms with Gasteiger partial charge in [-0.05, 0) is 11.4 Å².